The van der Waals surface area contributed by atoms with E-state index in [1.165, 1.54) is 35.6 Å². The normalized spacial score (nSPS) is 25.9. The molecule has 2 amide bonds. The van der Waals surface area contributed by atoms with Gasteiger partial charge in [0, 0.05) is 36.1 Å². The Morgan fingerprint density at radius 3 is 2.50 bits per heavy atom. The molecule has 2 aliphatic heterocycles. The van der Waals surface area contributed by atoms with Crippen LogP contribution in [0.15, 0.2) is 29.2 Å². The van der Waals surface area contributed by atoms with Gasteiger partial charge >= 0.3 is 0 Å². The molecule has 1 aliphatic carbocycles. The molecule has 2 atom stereocenters. The van der Waals surface area contributed by atoms with Crippen molar-refractivity contribution >= 4 is 38.2 Å². The lowest BCUT2D eigenvalue weighted by atomic mass is 9.65. The van der Waals surface area contributed by atoms with Gasteiger partial charge in [0.1, 0.15) is 5.00 Å². The molecular weight excluding hydrogens is 496 g/mol. The number of nitrogens with zero attached hydrogens (tertiary/aromatic N) is 2. The lowest BCUT2D eigenvalue weighted by Crippen LogP contribution is -2.37. The van der Waals surface area contributed by atoms with Crippen molar-refractivity contribution in [2.24, 2.45) is 16.6 Å². The largest absolute Gasteiger partial charge is 0.365 e. The Morgan fingerprint density at radius 2 is 1.83 bits per heavy atom. The minimum atomic E-state index is -3.67. The topological polar surface area (TPSA) is 113 Å². The number of sulfonamides is 1. The molecule has 10 heteroatoms. The van der Waals surface area contributed by atoms with Gasteiger partial charge in [0.15, 0.2) is 0 Å². The molecule has 1 saturated carbocycles. The maximum atomic E-state index is 13.5. The highest BCUT2D eigenvalue weighted by atomic mass is 32.2. The molecule has 2 bridgehead atoms. The van der Waals surface area contributed by atoms with Gasteiger partial charge in [0.2, 0.25) is 10.0 Å². The van der Waals surface area contributed by atoms with Crippen LogP contribution in [0.25, 0.3) is 0 Å². The first-order valence-corrected chi connectivity index (χ1v) is 14.6. The van der Waals surface area contributed by atoms with Gasteiger partial charge in [-0.1, -0.05) is 20.8 Å². The van der Waals surface area contributed by atoms with Crippen molar-refractivity contribution in [2.45, 2.75) is 63.9 Å². The van der Waals surface area contributed by atoms with Gasteiger partial charge < -0.3 is 16.0 Å². The van der Waals surface area contributed by atoms with E-state index >= 15 is 0 Å². The lowest BCUT2D eigenvalue weighted by Gasteiger charge is -2.39. The van der Waals surface area contributed by atoms with E-state index in [0.717, 1.165) is 36.2 Å². The van der Waals surface area contributed by atoms with Crippen molar-refractivity contribution in [3.63, 3.8) is 0 Å². The van der Waals surface area contributed by atoms with Crippen LogP contribution in [0.2, 0.25) is 0 Å². The number of hydrogen-bond donors (Lipinski definition) is 2. The number of fused-ring (bicyclic) bond motifs is 3. The molecule has 2 fully saturated rings. The number of nitrogens with one attached hydrogen (secondary N) is 1. The van der Waals surface area contributed by atoms with Gasteiger partial charge in [0.05, 0.1) is 10.5 Å². The van der Waals surface area contributed by atoms with Gasteiger partial charge in [-0.3, -0.25) is 9.59 Å². The molecule has 5 rings (SSSR count). The van der Waals surface area contributed by atoms with Crippen molar-refractivity contribution in [2.75, 3.05) is 25.5 Å². The van der Waals surface area contributed by atoms with Gasteiger partial charge in [-0.2, -0.15) is 4.31 Å². The molecule has 1 aromatic heterocycles. The number of benzene rings is 1. The quantitative estimate of drug-likeness (QED) is 0.612. The smallest absolute Gasteiger partial charge is 0.256 e. The third-order valence-corrected chi connectivity index (χ3v) is 10.9. The number of nitrogens with two attached hydrogens (primary N) is 1. The molecule has 194 valence electrons. The first-order valence-electron chi connectivity index (χ1n) is 12.3. The van der Waals surface area contributed by atoms with Crippen LogP contribution in [0.3, 0.4) is 0 Å². The average molecular weight is 531 g/mol. The summed E-state index contributed by atoms with van der Waals surface area (Å²) in [6, 6.07) is 6.07. The summed E-state index contributed by atoms with van der Waals surface area (Å²) in [5, 5.41) is 3.29. The number of thiophene rings is 1. The van der Waals surface area contributed by atoms with Gasteiger partial charge in [-0.15, -0.1) is 11.3 Å². The third kappa shape index (κ3) is 4.49. The number of hydrogen-bond acceptors (Lipinski definition) is 6. The summed E-state index contributed by atoms with van der Waals surface area (Å²) in [5.74, 6) is -0.957. The number of carbonyl (C=O) groups is 2. The van der Waals surface area contributed by atoms with Crippen LogP contribution in [0.1, 0.15) is 71.2 Å². The fourth-order valence-electron chi connectivity index (χ4n) is 6.66. The molecular formula is C26H34N4O4S2. The molecule has 0 unspecified atom stereocenters. The monoisotopic (exact) mass is 530 g/mol. The maximum absolute atomic E-state index is 13.5. The van der Waals surface area contributed by atoms with Crippen LogP contribution in [0.4, 0.5) is 5.00 Å². The third-order valence-electron chi connectivity index (χ3n) is 7.81. The molecule has 0 spiro atoms. The Labute approximate surface area is 216 Å². The predicted molar refractivity (Wildman–Crippen MR) is 141 cm³/mol. The highest BCUT2D eigenvalue weighted by molar-refractivity contribution is 7.89. The maximum Gasteiger partial charge on any atom is 0.256 e. The van der Waals surface area contributed by atoms with Gasteiger partial charge in [0.25, 0.3) is 11.8 Å². The SMILES string of the molecule is CN1CCc2c(sc(NC(=O)c3ccc(S(=O)(=O)N4C[C@]5(C)C[C@@H]4CC(C)(C)C5)cc3)c2C(N)=O)C1. The summed E-state index contributed by atoms with van der Waals surface area (Å²) in [5.41, 5.74) is 7.38. The summed E-state index contributed by atoms with van der Waals surface area (Å²) in [7, 11) is -1.66. The lowest BCUT2D eigenvalue weighted by molar-refractivity contribution is 0.1000. The molecule has 3 N–H and O–H groups in total. The number of likely N-dealkylation sites (N-methyl/N-ethyl adjacent to an activating group) is 1. The van der Waals surface area contributed by atoms with Gasteiger partial charge in [-0.05, 0) is 73.4 Å². The molecule has 2 aromatic rings. The molecule has 8 nitrogen and oxygen atoms in total. The van der Waals surface area contributed by atoms with E-state index in [-0.39, 0.29) is 21.8 Å². The second kappa shape index (κ2) is 8.65. The van der Waals surface area contributed by atoms with Crippen LogP contribution >= 0.6 is 11.3 Å². The van der Waals surface area contributed by atoms with E-state index in [1.807, 2.05) is 7.05 Å². The van der Waals surface area contributed by atoms with E-state index in [0.29, 0.717) is 35.6 Å². The Bertz CT molecular complexity index is 1330. The van der Waals surface area contributed by atoms with Crippen LogP contribution < -0.4 is 11.1 Å². The average Bonchev–Trinajstić information content (AvgIpc) is 3.26. The van der Waals surface area contributed by atoms with E-state index in [2.05, 4.69) is 31.0 Å². The van der Waals surface area contributed by atoms with E-state index in [1.54, 1.807) is 4.31 Å². The van der Waals surface area contributed by atoms with Crippen molar-refractivity contribution in [3.8, 4) is 0 Å². The first kappa shape index (κ1) is 25.4. The highest BCUT2D eigenvalue weighted by Crippen LogP contribution is 2.53. The highest BCUT2D eigenvalue weighted by Gasteiger charge is 2.53. The van der Waals surface area contributed by atoms with E-state index < -0.39 is 21.8 Å². The zero-order chi connectivity index (χ0) is 26.0. The first-order chi connectivity index (χ1) is 16.8. The number of amides is 2. The van der Waals surface area contributed by atoms with Crippen molar-refractivity contribution < 1.29 is 18.0 Å². The van der Waals surface area contributed by atoms with Crippen LogP contribution in [-0.2, 0) is 23.0 Å². The second-order valence-corrected chi connectivity index (χ2v) is 14.8. The van der Waals surface area contributed by atoms with Gasteiger partial charge in [-0.25, -0.2) is 8.42 Å². The van der Waals surface area contributed by atoms with Crippen LogP contribution in [0.5, 0.6) is 0 Å². The molecule has 0 radical (unpaired) electrons. The molecule has 3 aliphatic rings. The van der Waals surface area contributed by atoms with E-state index in [9.17, 15) is 18.0 Å². The van der Waals surface area contributed by atoms with Crippen LogP contribution in [0, 0.1) is 10.8 Å². The molecule has 3 heterocycles. The number of primary amides is 1. The van der Waals surface area contributed by atoms with Crippen molar-refractivity contribution in [3.05, 3.63) is 45.8 Å². The Hall–Kier alpha value is -2.27. The zero-order valence-electron chi connectivity index (χ0n) is 21.3. The number of rotatable bonds is 5. The molecule has 1 saturated heterocycles. The summed E-state index contributed by atoms with van der Waals surface area (Å²) in [6.07, 6.45) is 3.46. The Morgan fingerprint density at radius 1 is 1.14 bits per heavy atom. The minimum Gasteiger partial charge on any atom is -0.365 e. The van der Waals surface area contributed by atoms with Crippen molar-refractivity contribution in [1.29, 1.82) is 0 Å². The summed E-state index contributed by atoms with van der Waals surface area (Å²) in [6.45, 7) is 8.67. The zero-order valence-corrected chi connectivity index (χ0v) is 22.9. The van der Waals surface area contributed by atoms with Crippen LogP contribution in [-0.4, -0.2) is 55.6 Å². The molecule has 1 aromatic carbocycles. The fourth-order valence-corrected chi connectivity index (χ4v) is 9.76. The minimum absolute atomic E-state index is 0.00264. The second-order valence-electron chi connectivity index (χ2n) is 11.8. The van der Waals surface area contributed by atoms with E-state index in [4.69, 9.17) is 5.73 Å². The summed E-state index contributed by atoms with van der Waals surface area (Å²) < 4.78 is 28.7. The number of anilines is 1. The fraction of sp³-hybridized carbons (Fsp3) is 0.538. The predicted octanol–water partition coefficient (Wildman–Crippen LogP) is 3.68. The van der Waals surface area contributed by atoms with Crippen molar-refractivity contribution in [1.82, 2.24) is 9.21 Å². The Balaban J connectivity index is 1.35. The summed E-state index contributed by atoms with van der Waals surface area (Å²) in [4.78, 5) is 28.6. The molecule has 36 heavy (non-hydrogen) atoms. The standard InChI is InChI=1S/C26H34N4O4S2/c1-25(2)11-17-12-26(3,14-25)15-30(17)36(33,34)18-7-5-16(6-8-18)23(32)28-24-21(22(27)31)19-9-10-29(4)13-20(19)35-24/h5-8,17H,9-15H2,1-4H3,(H2,27,31)(H,28,32)/t17-,26+/m0/s1. The summed E-state index contributed by atoms with van der Waals surface area (Å²) >= 11 is 1.37. The number of carbonyl (C=O) groups excluding carboxylic acids is 2. The Kier molecular flexibility index (Phi) is 6.10.